The van der Waals surface area contributed by atoms with E-state index < -0.39 is 11.6 Å². The second-order valence-electron chi connectivity index (χ2n) is 4.73. The molecular weight excluding hydrogens is 288 g/mol. The van der Waals surface area contributed by atoms with Crippen LogP contribution in [0.2, 0.25) is 0 Å². The molecule has 0 aliphatic heterocycles. The van der Waals surface area contributed by atoms with Gasteiger partial charge in [-0.05, 0) is 29.8 Å². The van der Waals surface area contributed by atoms with Crippen LogP contribution in [0.4, 0.5) is 20.2 Å². The topological polar surface area (TPSA) is 47.9 Å². The van der Waals surface area contributed by atoms with Crippen molar-refractivity contribution in [3.63, 3.8) is 0 Å². The molecule has 0 aliphatic carbocycles. The number of anilines is 2. The molecule has 22 heavy (non-hydrogen) atoms. The molecule has 116 valence electrons. The molecular formula is C16H17F2N3O. The average molecular weight is 305 g/mol. The molecule has 0 amide bonds. The standard InChI is InChI=1S/C16H17F2N3O/c1-21(8-9-22)14-5-2-12(3-6-14)11-19-20-16-7-4-13(17)10-15(16)18/h2-7,10-11,20,22H,8-9H2,1H3/b19-11-. The molecule has 0 aromatic heterocycles. The lowest BCUT2D eigenvalue weighted by Crippen LogP contribution is -2.20. The molecule has 2 N–H and O–H groups in total. The van der Waals surface area contributed by atoms with Gasteiger partial charge in [0.05, 0.1) is 18.5 Å². The van der Waals surface area contributed by atoms with Crippen LogP contribution >= 0.6 is 0 Å². The molecule has 2 aromatic carbocycles. The van der Waals surface area contributed by atoms with Gasteiger partial charge in [0, 0.05) is 25.3 Å². The fraction of sp³-hybridized carbons (Fsp3) is 0.188. The van der Waals surface area contributed by atoms with E-state index >= 15 is 0 Å². The molecule has 0 saturated heterocycles. The first-order valence-corrected chi connectivity index (χ1v) is 6.76. The van der Waals surface area contributed by atoms with E-state index in [0.717, 1.165) is 23.4 Å². The highest BCUT2D eigenvalue weighted by Gasteiger charge is 2.02. The van der Waals surface area contributed by atoms with Gasteiger partial charge in [-0.25, -0.2) is 8.78 Å². The van der Waals surface area contributed by atoms with Crippen LogP contribution in [0, 0.1) is 11.6 Å². The minimum absolute atomic E-state index is 0.0901. The Labute approximate surface area is 127 Å². The van der Waals surface area contributed by atoms with Crippen molar-refractivity contribution in [2.45, 2.75) is 0 Å². The van der Waals surface area contributed by atoms with E-state index in [-0.39, 0.29) is 12.3 Å². The fourth-order valence-electron chi connectivity index (χ4n) is 1.85. The molecule has 0 unspecified atom stereocenters. The van der Waals surface area contributed by atoms with Crippen LogP contribution in [0.1, 0.15) is 5.56 Å². The average Bonchev–Trinajstić information content (AvgIpc) is 2.50. The van der Waals surface area contributed by atoms with Gasteiger partial charge in [0.2, 0.25) is 0 Å². The Morgan fingerprint density at radius 1 is 1.18 bits per heavy atom. The third kappa shape index (κ3) is 4.26. The molecule has 0 fully saturated rings. The Morgan fingerprint density at radius 2 is 1.91 bits per heavy atom. The normalized spacial score (nSPS) is 10.9. The molecule has 0 aliphatic rings. The van der Waals surface area contributed by atoms with Crippen molar-refractivity contribution < 1.29 is 13.9 Å². The number of aliphatic hydroxyl groups is 1. The number of likely N-dealkylation sites (N-methyl/N-ethyl adjacent to an activating group) is 1. The van der Waals surface area contributed by atoms with Crippen LogP contribution < -0.4 is 10.3 Å². The van der Waals surface area contributed by atoms with Gasteiger partial charge < -0.3 is 10.0 Å². The number of benzene rings is 2. The second-order valence-corrected chi connectivity index (χ2v) is 4.73. The van der Waals surface area contributed by atoms with E-state index in [2.05, 4.69) is 10.5 Å². The van der Waals surface area contributed by atoms with E-state index in [1.807, 2.05) is 36.2 Å². The molecule has 0 spiro atoms. The van der Waals surface area contributed by atoms with E-state index in [0.29, 0.717) is 6.54 Å². The third-order valence-corrected chi connectivity index (χ3v) is 3.10. The van der Waals surface area contributed by atoms with Gasteiger partial charge in [-0.2, -0.15) is 5.10 Å². The molecule has 4 nitrogen and oxygen atoms in total. The largest absolute Gasteiger partial charge is 0.395 e. The number of halogens is 2. The molecule has 0 heterocycles. The first kappa shape index (κ1) is 15.9. The third-order valence-electron chi connectivity index (χ3n) is 3.10. The van der Waals surface area contributed by atoms with E-state index in [1.165, 1.54) is 6.07 Å². The maximum absolute atomic E-state index is 13.4. The summed E-state index contributed by atoms with van der Waals surface area (Å²) in [6.45, 7) is 0.645. The van der Waals surface area contributed by atoms with Gasteiger partial charge >= 0.3 is 0 Å². The predicted molar refractivity (Wildman–Crippen MR) is 84.4 cm³/mol. The summed E-state index contributed by atoms with van der Waals surface area (Å²) in [5.41, 5.74) is 4.44. The van der Waals surface area contributed by atoms with Crippen LogP contribution in [0.25, 0.3) is 0 Å². The summed E-state index contributed by atoms with van der Waals surface area (Å²) in [5, 5.41) is 12.8. The van der Waals surface area contributed by atoms with Gasteiger partial charge in [0.1, 0.15) is 5.82 Å². The van der Waals surface area contributed by atoms with Crippen LogP contribution in [-0.2, 0) is 0 Å². The van der Waals surface area contributed by atoms with E-state index in [4.69, 9.17) is 5.11 Å². The monoisotopic (exact) mass is 305 g/mol. The Balaban J connectivity index is 1.98. The number of aliphatic hydroxyl groups excluding tert-OH is 1. The Bertz CT molecular complexity index is 644. The van der Waals surface area contributed by atoms with Crippen LogP contribution in [0.5, 0.6) is 0 Å². The SMILES string of the molecule is CN(CCO)c1ccc(/C=N\Nc2ccc(F)cc2F)cc1. The van der Waals surface area contributed by atoms with Crippen molar-refractivity contribution in [2.24, 2.45) is 5.10 Å². The molecule has 2 rings (SSSR count). The van der Waals surface area contributed by atoms with Crippen molar-refractivity contribution in [2.75, 3.05) is 30.5 Å². The molecule has 2 aromatic rings. The highest BCUT2D eigenvalue weighted by molar-refractivity contribution is 5.81. The van der Waals surface area contributed by atoms with E-state index in [1.54, 1.807) is 6.21 Å². The minimum atomic E-state index is -0.696. The van der Waals surface area contributed by atoms with Crippen molar-refractivity contribution in [3.8, 4) is 0 Å². The Morgan fingerprint density at radius 3 is 2.55 bits per heavy atom. The van der Waals surface area contributed by atoms with Crippen molar-refractivity contribution >= 4 is 17.6 Å². The number of rotatable bonds is 6. The lowest BCUT2D eigenvalue weighted by molar-refractivity contribution is 0.304. The quantitative estimate of drug-likeness (QED) is 0.637. The van der Waals surface area contributed by atoms with Crippen LogP contribution in [0.3, 0.4) is 0 Å². The highest BCUT2D eigenvalue weighted by atomic mass is 19.1. The lowest BCUT2D eigenvalue weighted by atomic mass is 10.2. The van der Waals surface area contributed by atoms with Gasteiger partial charge in [0.15, 0.2) is 5.82 Å². The first-order chi connectivity index (χ1) is 10.6. The zero-order valence-corrected chi connectivity index (χ0v) is 12.1. The maximum Gasteiger partial charge on any atom is 0.151 e. The molecule has 0 saturated carbocycles. The summed E-state index contributed by atoms with van der Waals surface area (Å²) >= 11 is 0. The predicted octanol–water partition coefficient (Wildman–Crippen LogP) is 2.84. The number of hydrazone groups is 1. The molecule has 6 heteroatoms. The number of hydrogen-bond donors (Lipinski definition) is 2. The summed E-state index contributed by atoms with van der Waals surface area (Å²) in [7, 11) is 1.89. The van der Waals surface area contributed by atoms with Gasteiger partial charge in [-0.1, -0.05) is 12.1 Å². The van der Waals surface area contributed by atoms with Crippen LogP contribution in [-0.4, -0.2) is 31.5 Å². The smallest absolute Gasteiger partial charge is 0.151 e. The molecule has 0 atom stereocenters. The molecule has 0 bridgehead atoms. The van der Waals surface area contributed by atoms with E-state index in [9.17, 15) is 8.78 Å². The zero-order chi connectivity index (χ0) is 15.9. The Hall–Kier alpha value is -2.47. The summed E-state index contributed by atoms with van der Waals surface area (Å²) in [6, 6.07) is 10.8. The summed E-state index contributed by atoms with van der Waals surface area (Å²) < 4.78 is 26.2. The highest BCUT2D eigenvalue weighted by Crippen LogP contribution is 2.15. The van der Waals surface area contributed by atoms with Gasteiger partial charge in [-0.15, -0.1) is 0 Å². The molecule has 0 radical (unpaired) electrons. The zero-order valence-electron chi connectivity index (χ0n) is 12.1. The van der Waals surface area contributed by atoms with Gasteiger partial charge in [-0.3, -0.25) is 5.43 Å². The lowest BCUT2D eigenvalue weighted by Gasteiger charge is -2.17. The van der Waals surface area contributed by atoms with Crippen molar-refractivity contribution in [3.05, 3.63) is 59.7 Å². The number of hydrogen-bond acceptors (Lipinski definition) is 4. The van der Waals surface area contributed by atoms with Gasteiger partial charge in [0.25, 0.3) is 0 Å². The van der Waals surface area contributed by atoms with Crippen molar-refractivity contribution in [1.29, 1.82) is 0 Å². The fourth-order valence-corrected chi connectivity index (χ4v) is 1.85. The first-order valence-electron chi connectivity index (χ1n) is 6.76. The Kier molecular flexibility index (Phi) is 5.43. The summed E-state index contributed by atoms with van der Waals surface area (Å²) in [6.07, 6.45) is 1.54. The minimum Gasteiger partial charge on any atom is -0.395 e. The second kappa shape index (κ2) is 7.51. The van der Waals surface area contributed by atoms with Crippen molar-refractivity contribution in [1.82, 2.24) is 0 Å². The maximum atomic E-state index is 13.4. The number of nitrogens with zero attached hydrogens (tertiary/aromatic N) is 2. The summed E-state index contributed by atoms with van der Waals surface area (Å²) in [4.78, 5) is 1.92. The number of nitrogens with one attached hydrogen (secondary N) is 1. The summed E-state index contributed by atoms with van der Waals surface area (Å²) in [5.74, 6) is -1.33. The van der Waals surface area contributed by atoms with Crippen LogP contribution in [0.15, 0.2) is 47.6 Å².